The van der Waals surface area contributed by atoms with Crippen molar-refractivity contribution in [2.75, 3.05) is 13.1 Å². The van der Waals surface area contributed by atoms with Crippen LogP contribution in [0.5, 0.6) is 0 Å². The molecule has 1 atom stereocenters. The third-order valence-corrected chi connectivity index (χ3v) is 7.96. The van der Waals surface area contributed by atoms with Gasteiger partial charge in [0.2, 0.25) is 5.91 Å². The fraction of sp³-hybridized carbons (Fsp3) is 0.320. The Morgan fingerprint density at radius 1 is 1.12 bits per heavy atom. The Labute approximate surface area is 224 Å². The lowest BCUT2D eigenvalue weighted by Gasteiger charge is -2.21. The number of unbranched alkanes of at least 4 members (excludes halogenated alkanes) is 1. The van der Waals surface area contributed by atoms with Crippen molar-refractivity contribution in [2.45, 2.75) is 42.0 Å². The number of rotatable bonds is 13. The van der Waals surface area contributed by atoms with Crippen LogP contribution in [0.2, 0.25) is 5.02 Å². The van der Waals surface area contributed by atoms with Crippen LogP contribution in [0.3, 0.4) is 0 Å². The number of fused-ring (bicyclic) bond motifs is 1. The Bertz CT molecular complexity index is 1090. The summed E-state index contributed by atoms with van der Waals surface area (Å²) in [5, 5.41) is 8.10. The molecule has 1 heterocycles. The summed E-state index contributed by atoms with van der Waals surface area (Å²) >= 11 is 21.4. The van der Waals surface area contributed by atoms with Crippen LogP contribution in [0.25, 0.3) is 15.8 Å². The average molecular weight is 557 g/mol. The molecule has 3 rings (SSSR count). The van der Waals surface area contributed by atoms with E-state index in [1.165, 1.54) is 16.6 Å². The van der Waals surface area contributed by atoms with Gasteiger partial charge in [0.05, 0.1) is 9.90 Å². The Balaban J connectivity index is 1.41. The van der Waals surface area contributed by atoms with Gasteiger partial charge in [0.15, 0.2) is 0 Å². The molecule has 3 aromatic rings. The number of alkyl halides is 2. The number of aryl methyl sites for hydroxylation is 1. The highest BCUT2D eigenvalue weighted by molar-refractivity contribution is 7.97. The van der Waals surface area contributed by atoms with E-state index in [-0.39, 0.29) is 12.3 Å². The predicted molar refractivity (Wildman–Crippen MR) is 150 cm³/mol. The standard InChI is InChI=1S/C25H28Cl3N3OS2/c1-16-9-10-22(19(26)13-16)34-30-12-6-5-11-29-25(32)20(15-24(27)28)31-17(2)23-14-18-7-3-4-8-21(18)33-23/h3-4,7-10,13-14,20,24,30-31H,2,5-6,11-12,15H2,1H3,(H,29,32). The van der Waals surface area contributed by atoms with Crippen LogP contribution in [-0.2, 0) is 4.79 Å². The molecule has 0 bridgehead atoms. The fourth-order valence-corrected chi connectivity index (χ4v) is 5.69. The number of hydrogen-bond acceptors (Lipinski definition) is 5. The predicted octanol–water partition coefficient (Wildman–Crippen LogP) is 7.18. The number of nitrogens with one attached hydrogen (secondary N) is 3. The smallest absolute Gasteiger partial charge is 0.242 e. The molecular formula is C25H28Cl3N3OS2. The fourth-order valence-electron chi connectivity index (χ4n) is 3.30. The second-order valence-electron chi connectivity index (χ2n) is 7.88. The first kappa shape index (κ1) is 27.2. The molecule has 34 heavy (non-hydrogen) atoms. The number of carbonyl (C=O) groups excluding carboxylic acids is 1. The van der Waals surface area contributed by atoms with Gasteiger partial charge in [0, 0.05) is 34.8 Å². The lowest BCUT2D eigenvalue weighted by Crippen LogP contribution is -2.44. The zero-order chi connectivity index (χ0) is 24.5. The highest BCUT2D eigenvalue weighted by atomic mass is 35.5. The molecular weight excluding hydrogens is 529 g/mol. The molecule has 182 valence electrons. The van der Waals surface area contributed by atoms with E-state index in [0.29, 0.717) is 12.2 Å². The van der Waals surface area contributed by atoms with Crippen molar-refractivity contribution in [1.82, 2.24) is 15.4 Å². The molecule has 3 N–H and O–H groups in total. The molecule has 4 nitrogen and oxygen atoms in total. The second kappa shape index (κ2) is 13.6. The number of amides is 1. The van der Waals surface area contributed by atoms with Crippen molar-refractivity contribution in [2.24, 2.45) is 0 Å². The largest absolute Gasteiger partial charge is 0.373 e. The van der Waals surface area contributed by atoms with Gasteiger partial charge >= 0.3 is 0 Å². The van der Waals surface area contributed by atoms with Crippen LogP contribution < -0.4 is 15.4 Å². The molecule has 0 aliphatic carbocycles. The molecule has 1 amide bonds. The zero-order valence-corrected chi connectivity index (χ0v) is 22.8. The van der Waals surface area contributed by atoms with Gasteiger partial charge in [0.25, 0.3) is 0 Å². The molecule has 9 heteroatoms. The highest BCUT2D eigenvalue weighted by Crippen LogP contribution is 2.29. The number of carbonyl (C=O) groups is 1. The highest BCUT2D eigenvalue weighted by Gasteiger charge is 2.22. The van der Waals surface area contributed by atoms with Crippen LogP contribution in [0.15, 0.2) is 60.0 Å². The zero-order valence-electron chi connectivity index (χ0n) is 18.9. The topological polar surface area (TPSA) is 53.2 Å². The lowest BCUT2D eigenvalue weighted by atomic mass is 10.1. The van der Waals surface area contributed by atoms with Gasteiger partial charge in [0.1, 0.15) is 10.9 Å². The maximum absolute atomic E-state index is 12.8. The summed E-state index contributed by atoms with van der Waals surface area (Å²) in [6.45, 7) is 7.52. The lowest BCUT2D eigenvalue weighted by molar-refractivity contribution is -0.122. The van der Waals surface area contributed by atoms with Gasteiger partial charge in [-0.05, 0) is 66.9 Å². The summed E-state index contributed by atoms with van der Waals surface area (Å²) in [5.74, 6) is -0.137. The Morgan fingerprint density at radius 3 is 2.62 bits per heavy atom. The van der Waals surface area contributed by atoms with Crippen LogP contribution in [-0.4, -0.2) is 29.9 Å². The van der Waals surface area contributed by atoms with Crippen LogP contribution in [0.4, 0.5) is 0 Å². The first-order valence-electron chi connectivity index (χ1n) is 11.0. The van der Waals surface area contributed by atoms with E-state index in [9.17, 15) is 4.79 Å². The molecule has 0 spiro atoms. The normalized spacial score (nSPS) is 12.1. The average Bonchev–Trinajstić information content (AvgIpc) is 3.23. The summed E-state index contributed by atoms with van der Waals surface area (Å²) in [4.78, 5) is 14.1. The molecule has 0 radical (unpaired) electrons. The minimum absolute atomic E-state index is 0.137. The Kier molecular flexibility index (Phi) is 10.9. The van der Waals surface area contributed by atoms with Crippen molar-refractivity contribution in [3.8, 4) is 0 Å². The van der Waals surface area contributed by atoms with Crippen molar-refractivity contribution >= 4 is 79.8 Å². The first-order valence-corrected chi connectivity index (χ1v) is 13.9. The van der Waals surface area contributed by atoms with Gasteiger partial charge in [-0.1, -0.05) is 42.4 Å². The summed E-state index contributed by atoms with van der Waals surface area (Å²) in [6, 6.07) is 15.6. The maximum Gasteiger partial charge on any atom is 0.242 e. The minimum atomic E-state index is -0.659. The van der Waals surface area contributed by atoms with Crippen LogP contribution >= 0.6 is 58.1 Å². The van der Waals surface area contributed by atoms with Crippen molar-refractivity contribution < 1.29 is 4.79 Å². The van der Waals surface area contributed by atoms with E-state index < -0.39 is 10.9 Å². The van der Waals surface area contributed by atoms with Gasteiger partial charge in [-0.3, -0.25) is 9.52 Å². The van der Waals surface area contributed by atoms with E-state index in [1.54, 1.807) is 11.3 Å². The van der Waals surface area contributed by atoms with Gasteiger partial charge < -0.3 is 10.6 Å². The van der Waals surface area contributed by atoms with E-state index >= 15 is 0 Å². The van der Waals surface area contributed by atoms with E-state index in [1.807, 2.05) is 37.3 Å². The Morgan fingerprint density at radius 2 is 1.88 bits per heavy atom. The number of halogens is 3. The number of hydrogen-bond donors (Lipinski definition) is 3. The molecule has 0 aliphatic rings. The Hall–Kier alpha value is -1.41. The van der Waals surface area contributed by atoms with Crippen molar-refractivity contribution in [3.05, 3.63) is 70.6 Å². The van der Waals surface area contributed by atoms with E-state index in [4.69, 9.17) is 34.8 Å². The second-order valence-corrected chi connectivity index (χ2v) is 11.6. The van der Waals surface area contributed by atoms with Gasteiger partial charge in [-0.25, -0.2) is 0 Å². The summed E-state index contributed by atoms with van der Waals surface area (Å²) in [6.07, 6.45) is 2.04. The quantitative estimate of drug-likeness (QED) is 0.119. The number of benzene rings is 2. The van der Waals surface area contributed by atoms with Gasteiger partial charge in [-0.2, -0.15) is 0 Å². The number of thiophene rings is 1. The summed E-state index contributed by atoms with van der Waals surface area (Å²) in [5.41, 5.74) is 1.83. The third kappa shape index (κ3) is 8.36. The van der Waals surface area contributed by atoms with Gasteiger partial charge in [-0.15, -0.1) is 34.5 Å². The van der Waals surface area contributed by atoms with Crippen LogP contribution in [0, 0.1) is 6.92 Å². The maximum atomic E-state index is 12.8. The molecule has 0 saturated heterocycles. The van der Waals surface area contributed by atoms with E-state index in [0.717, 1.165) is 45.1 Å². The van der Waals surface area contributed by atoms with Crippen molar-refractivity contribution in [1.29, 1.82) is 0 Å². The van der Waals surface area contributed by atoms with Crippen LogP contribution in [0.1, 0.15) is 29.7 Å². The first-order chi connectivity index (χ1) is 16.3. The molecule has 2 aromatic carbocycles. The molecule has 0 fully saturated rings. The van der Waals surface area contributed by atoms with Crippen molar-refractivity contribution in [3.63, 3.8) is 0 Å². The third-order valence-electron chi connectivity index (χ3n) is 5.08. The van der Waals surface area contributed by atoms with E-state index in [2.05, 4.69) is 40.1 Å². The summed E-state index contributed by atoms with van der Waals surface area (Å²) < 4.78 is 4.49. The molecule has 0 saturated carbocycles. The molecule has 0 aliphatic heterocycles. The SMILES string of the molecule is C=C(NC(CC(Cl)Cl)C(=O)NCCCCNSc1ccc(C)cc1Cl)c1cc2ccccc2s1. The molecule has 1 unspecified atom stereocenters. The molecule has 1 aromatic heterocycles. The minimum Gasteiger partial charge on any atom is -0.373 e. The monoisotopic (exact) mass is 555 g/mol. The summed E-state index contributed by atoms with van der Waals surface area (Å²) in [7, 11) is 0.